The molecule has 1 unspecified atom stereocenters. The largest absolute Gasteiger partial charge is 0.396 e. The van der Waals surface area contributed by atoms with E-state index < -0.39 is 0 Å². The van der Waals surface area contributed by atoms with Crippen LogP contribution >= 0.6 is 0 Å². The van der Waals surface area contributed by atoms with E-state index in [0.717, 1.165) is 12.3 Å². The van der Waals surface area contributed by atoms with Gasteiger partial charge in [0.2, 0.25) is 0 Å². The third-order valence-electron chi connectivity index (χ3n) is 3.19. The van der Waals surface area contributed by atoms with Crippen molar-refractivity contribution in [1.29, 1.82) is 0 Å². The quantitative estimate of drug-likeness (QED) is 0.636. The number of nitrogens with two attached hydrogens (primary N) is 1. The SMILES string of the molecule is CCCCC(CN)(CO)C1CC1. The molecule has 1 aliphatic carbocycles. The van der Waals surface area contributed by atoms with Crippen LogP contribution in [0.5, 0.6) is 0 Å². The first kappa shape index (κ1) is 10.0. The minimum atomic E-state index is 0.0794. The molecular formula is C10H21NO. The highest BCUT2D eigenvalue weighted by Crippen LogP contribution is 2.47. The highest BCUT2D eigenvalue weighted by atomic mass is 16.3. The van der Waals surface area contributed by atoms with Crippen molar-refractivity contribution in [3.63, 3.8) is 0 Å². The highest BCUT2D eigenvalue weighted by Gasteiger charge is 2.42. The van der Waals surface area contributed by atoms with E-state index in [1.54, 1.807) is 0 Å². The van der Waals surface area contributed by atoms with Crippen molar-refractivity contribution in [3.8, 4) is 0 Å². The maximum Gasteiger partial charge on any atom is 0.0502 e. The predicted octanol–water partition coefficient (Wildman–Crippen LogP) is 1.52. The van der Waals surface area contributed by atoms with Gasteiger partial charge in [-0.15, -0.1) is 0 Å². The first-order chi connectivity index (χ1) is 5.79. The summed E-state index contributed by atoms with van der Waals surface area (Å²) in [7, 11) is 0. The lowest BCUT2D eigenvalue weighted by Gasteiger charge is -2.30. The fraction of sp³-hybridized carbons (Fsp3) is 1.00. The zero-order chi connectivity index (χ0) is 9.03. The summed E-state index contributed by atoms with van der Waals surface area (Å²) in [5.74, 6) is 0.721. The van der Waals surface area contributed by atoms with Crippen LogP contribution in [-0.2, 0) is 0 Å². The van der Waals surface area contributed by atoms with Crippen molar-refractivity contribution < 1.29 is 5.11 Å². The van der Waals surface area contributed by atoms with E-state index in [1.165, 1.54) is 25.7 Å². The molecule has 0 aromatic heterocycles. The molecule has 72 valence electrons. The second-order valence-corrected chi connectivity index (χ2v) is 4.10. The Hall–Kier alpha value is -0.0800. The van der Waals surface area contributed by atoms with Crippen molar-refractivity contribution in [2.24, 2.45) is 17.1 Å². The Labute approximate surface area is 75.2 Å². The molecule has 0 heterocycles. The fourth-order valence-electron chi connectivity index (χ4n) is 1.97. The minimum absolute atomic E-state index is 0.0794. The zero-order valence-electron chi connectivity index (χ0n) is 8.05. The van der Waals surface area contributed by atoms with Gasteiger partial charge in [-0.2, -0.15) is 0 Å². The van der Waals surface area contributed by atoms with Crippen LogP contribution in [-0.4, -0.2) is 18.3 Å². The number of unbranched alkanes of at least 4 members (excludes halogenated alkanes) is 1. The number of rotatable bonds is 6. The Morgan fingerprint density at radius 1 is 1.50 bits per heavy atom. The molecule has 0 saturated heterocycles. The molecular weight excluding hydrogens is 150 g/mol. The molecule has 2 heteroatoms. The summed E-state index contributed by atoms with van der Waals surface area (Å²) in [6, 6.07) is 0. The molecule has 1 fully saturated rings. The van der Waals surface area contributed by atoms with Crippen LogP contribution in [0.3, 0.4) is 0 Å². The van der Waals surface area contributed by atoms with Crippen LogP contribution in [0.15, 0.2) is 0 Å². The van der Waals surface area contributed by atoms with E-state index in [4.69, 9.17) is 5.73 Å². The van der Waals surface area contributed by atoms with Gasteiger partial charge >= 0.3 is 0 Å². The summed E-state index contributed by atoms with van der Waals surface area (Å²) in [6.45, 7) is 3.13. The van der Waals surface area contributed by atoms with Gasteiger partial charge < -0.3 is 10.8 Å². The van der Waals surface area contributed by atoms with Gasteiger partial charge in [-0.25, -0.2) is 0 Å². The fourth-order valence-corrected chi connectivity index (χ4v) is 1.97. The predicted molar refractivity (Wildman–Crippen MR) is 50.8 cm³/mol. The van der Waals surface area contributed by atoms with Gasteiger partial charge in [0.15, 0.2) is 0 Å². The third-order valence-corrected chi connectivity index (χ3v) is 3.19. The van der Waals surface area contributed by atoms with Gasteiger partial charge in [0, 0.05) is 12.0 Å². The first-order valence-electron chi connectivity index (χ1n) is 5.10. The molecule has 0 radical (unpaired) electrons. The number of aliphatic hydroxyl groups is 1. The Morgan fingerprint density at radius 2 is 2.17 bits per heavy atom. The molecule has 1 aliphatic rings. The maximum atomic E-state index is 9.33. The van der Waals surface area contributed by atoms with Crippen LogP contribution in [0.25, 0.3) is 0 Å². The lowest BCUT2D eigenvalue weighted by atomic mass is 9.79. The van der Waals surface area contributed by atoms with Crippen molar-refractivity contribution in [2.75, 3.05) is 13.2 Å². The molecule has 3 N–H and O–H groups in total. The molecule has 0 amide bonds. The maximum absolute atomic E-state index is 9.33. The van der Waals surface area contributed by atoms with E-state index >= 15 is 0 Å². The van der Waals surface area contributed by atoms with Crippen LogP contribution in [0, 0.1) is 11.3 Å². The average Bonchev–Trinajstić information content (AvgIpc) is 2.91. The van der Waals surface area contributed by atoms with Gasteiger partial charge in [0.25, 0.3) is 0 Å². The van der Waals surface area contributed by atoms with Crippen LogP contribution < -0.4 is 5.73 Å². The van der Waals surface area contributed by atoms with Crippen LogP contribution in [0.4, 0.5) is 0 Å². The van der Waals surface area contributed by atoms with Gasteiger partial charge in [-0.05, 0) is 25.2 Å². The molecule has 1 atom stereocenters. The molecule has 12 heavy (non-hydrogen) atoms. The monoisotopic (exact) mass is 171 g/mol. The standard InChI is InChI=1S/C10H21NO/c1-2-3-6-10(7-11,8-12)9-4-5-9/h9,12H,2-8,11H2,1H3. The molecule has 1 rings (SSSR count). The van der Waals surface area contributed by atoms with Crippen molar-refractivity contribution in [3.05, 3.63) is 0 Å². The minimum Gasteiger partial charge on any atom is -0.396 e. The second kappa shape index (κ2) is 4.24. The van der Waals surface area contributed by atoms with Crippen molar-refractivity contribution in [1.82, 2.24) is 0 Å². The smallest absolute Gasteiger partial charge is 0.0502 e. The highest BCUT2D eigenvalue weighted by molar-refractivity contribution is 4.94. The lowest BCUT2D eigenvalue weighted by Crippen LogP contribution is -2.36. The number of hydrogen-bond donors (Lipinski definition) is 2. The molecule has 0 bridgehead atoms. The summed E-state index contributed by atoms with van der Waals surface area (Å²) in [4.78, 5) is 0. The second-order valence-electron chi connectivity index (χ2n) is 4.10. The van der Waals surface area contributed by atoms with Gasteiger partial charge in [-0.3, -0.25) is 0 Å². The van der Waals surface area contributed by atoms with Gasteiger partial charge in [0.1, 0.15) is 0 Å². The zero-order valence-corrected chi connectivity index (χ0v) is 8.05. The van der Waals surface area contributed by atoms with E-state index in [0.29, 0.717) is 6.54 Å². The topological polar surface area (TPSA) is 46.2 Å². The molecule has 0 aromatic carbocycles. The average molecular weight is 171 g/mol. The Kier molecular flexibility index (Phi) is 3.53. The van der Waals surface area contributed by atoms with Crippen molar-refractivity contribution >= 4 is 0 Å². The lowest BCUT2D eigenvalue weighted by molar-refractivity contribution is 0.0968. The molecule has 2 nitrogen and oxygen atoms in total. The molecule has 0 aromatic rings. The van der Waals surface area contributed by atoms with E-state index in [2.05, 4.69) is 6.92 Å². The van der Waals surface area contributed by atoms with E-state index in [-0.39, 0.29) is 12.0 Å². The van der Waals surface area contributed by atoms with E-state index in [1.807, 2.05) is 0 Å². The van der Waals surface area contributed by atoms with Gasteiger partial charge in [-0.1, -0.05) is 19.8 Å². The van der Waals surface area contributed by atoms with E-state index in [9.17, 15) is 5.11 Å². The Balaban J connectivity index is 2.43. The summed E-state index contributed by atoms with van der Waals surface area (Å²) in [5, 5.41) is 9.33. The molecule has 1 saturated carbocycles. The summed E-state index contributed by atoms with van der Waals surface area (Å²) in [5.41, 5.74) is 5.82. The van der Waals surface area contributed by atoms with Crippen LogP contribution in [0.2, 0.25) is 0 Å². The molecule has 0 spiro atoms. The third kappa shape index (κ3) is 1.99. The molecule has 0 aliphatic heterocycles. The van der Waals surface area contributed by atoms with Gasteiger partial charge in [0.05, 0.1) is 6.61 Å². The van der Waals surface area contributed by atoms with Crippen molar-refractivity contribution in [2.45, 2.75) is 39.0 Å². The summed E-state index contributed by atoms with van der Waals surface area (Å²) < 4.78 is 0. The number of aliphatic hydroxyl groups excluding tert-OH is 1. The normalized spacial score (nSPS) is 22.2. The van der Waals surface area contributed by atoms with Crippen LogP contribution in [0.1, 0.15) is 39.0 Å². The Morgan fingerprint density at radius 3 is 2.50 bits per heavy atom. The summed E-state index contributed by atoms with van der Waals surface area (Å²) >= 11 is 0. The summed E-state index contributed by atoms with van der Waals surface area (Å²) in [6.07, 6.45) is 6.08. The first-order valence-corrected chi connectivity index (χ1v) is 5.10. The Bertz CT molecular complexity index is 128. The number of hydrogen-bond acceptors (Lipinski definition) is 2.